The lowest BCUT2D eigenvalue weighted by molar-refractivity contribution is -0.117. The molecule has 8 nitrogen and oxygen atoms in total. The van der Waals surface area contributed by atoms with Crippen molar-refractivity contribution in [1.82, 2.24) is 4.72 Å². The number of aliphatic imine (C=N–C) groups is 1. The van der Waals surface area contributed by atoms with E-state index < -0.39 is 22.0 Å². The van der Waals surface area contributed by atoms with Gasteiger partial charge < -0.3 is 16.8 Å². The van der Waals surface area contributed by atoms with Crippen LogP contribution in [0.15, 0.2) is 29.3 Å². The number of nitrogens with two attached hydrogens (primary N) is 2. The molecular weight excluding hydrogens is 330 g/mol. The molecule has 24 heavy (non-hydrogen) atoms. The first kappa shape index (κ1) is 19.9. The third-order valence-corrected chi connectivity index (χ3v) is 4.70. The highest BCUT2D eigenvalue weighted by Gasteiger charge is 2.19. The van der Waals surface area contributed by atoms with Gasteiger partial charge in [-0.1, -0.05) is 19.8 Å². The number of rotatable bonds is 9. The Morgan fingerprint density at radius 3 is 2.38 bits per heavy atom. The van der Waals surface area contributed by atoms with Gasteiger partial charge in [-0.25, -0.2) is 18.1 Å². The van der Waals surface area contributed by atoms with Crippen LogP contribution in [0.2, 0.25) is 0 Å². The summed E-state index contributed by atoms with van der Waals surface area (Å²) < 4.78 is 26.2. The van der Waals surface area contributed by atoms with Gasteiger partial charge in [0.25, 0.3) is 0 Å². The average molecular weight is 355 g/mol. The fourth-order valence-electron chi connectivity index (χ4n) is 1.94. The van der Waals surface area contributed by atoms with Gasteiger partial charge in [0.1, 0.15) is 0 Å². The van der Waals surface area contributed by atoms with E-state index in [0.29, 0.717) is 17.8 Å². The van der Waals surface area contributed by atoms with Gasteiger partial charge in [0.15, 0.2) is 5.96 Å². The lowest BCUT2D eigenvalue weighted by atomic mass is 10.2. The van der Waals surface area contributed by atoms with Crippen molar-refractivity contribution in [2.24, 2.45) is 16.5 Å². The van der Waals surface area contributed by atoms with Crippen LogP contribution >= 0.6 is 0 Å². The minimum Gasteiger partial charge on any atom is -0.370 e. The molecule has 0 bridgehead atoms. The number of nitrogens with zero attached hydrogens (tertiary/aromatic N) is 1. The summed E-state index contributed by atoms with van der Waals surface area (Å²) in [6.07, 6.45) is 2.34. The quantitative estimate of drug-likeness (QED) is 0.297. The zero-order valence-corrected chi connectivity index (χ0v) is 14.8. The molecule has 0 saturated heterocycles. The molecule has 0 aromatic heterocycles. The van der Waals surface area contributed by atoms with Crippen LogP contribution in [-0.2, 0) is 14.8 Å². The number of anilines is 1. The van der Waals surface area contributed by atoms with Crippen LogP contribution in [0.25, 0.3) is 0 Å². The van der Waals surface area contributed by atoms with Crippen LogP contribution in [0.3, 0.4) is 0 Å². The Labute approximate surface area is 142 Å². The van der Waals surface area contributed by atoms with Gasteiger partial charge in [0, 0.05) is 5.69 Å². The van der Waals surface area contributed by atoms with E-state index in [0.717, 1.165) is 12.8 Å². The van der Waals surface area contributed by atoms with Crippen molar-refractivity contribution in [3.8, 4) is 0 Å². The fraction of sp³-hybridized carbons (Fsp3) is 0.467. The Balaban J connectivity index is 2.59. The Hall–Kier alpha value is -2.13. The summed E-state index contributed by atoms with van der Waals surface area (Å²) >= 11 is 0. The highest BCUT2D eigenvalue weighted by molar-refractivity contribution is 7.89. The lowest BCUT2D eigenvalue weighted by Gasteiger charge is -2.14. The van der Waals surface area contributed by atoms with Crippen molar-refractivity contribution in [3.05, 3.63) is 24.3 Å². The maximum Gasteiger partial charge on any atom is 0.242 e. The van der Waals surface area contributed by atoms with Crippen molar-refractivity contribution >= 4 is 33.3 Å². The number of benzene rings is 1. The van der Waals surface area contributed by atoms with Crippen LogP contribution in [0.1, 0.15) is 33.1 Å². The summed E-state index contributed by atoms with van der Waals surface area (Å²) in [5.74, 6) is -0.479. The van der Waals surface area contributed by atoms with Crippen LogP contribution in [0, 0.1) is 0 Å². The van der Waals surface area contributed by atoms with E-state index in [2.05, 4.69) is 15.0 Å². The van der Waals surface area contributed by atoms with Crippen LogP contribution in [0.4, 0.5) is 11.4 Å². The minimum atomic E-state index is -3.47. The number of carbonyl (C=O) groups excluding carboxylic acids is 1. The number of sulfonamides is 1. The molecule has 1 rings (SSSR count). The molecule has 1 amide bonds. The number of hydrogen-bond donors (Lipinski definition) is 4. The third kappa shape index (κ3) is 7.42. The summed E-state index contributed by atoms with van der Waals surface area (Å²) in [7, 11) is -3.47. The first-order valence-corrected chi connectivity index (χ1v) is 9.39. The van der Waals surface area contributed by atoms with Crippen molar-refractivity contribution in [1.29, 1.82) is 0 Å². The van der Waals surface area contributed by atoms with E-state index in [1.165, 1.54) is 6.92 Å². The van der Waals surface area contributed by atoms with Crippen molar-refractivity contribution in [3.63, 3.8) is 0 Å². The normalized spacial score (nSPS) is 12.4. The van der Waals surface area contributed by atoms with E-state index >= 15 is 0 Å². The summed E-state index contributed by atoms with van der Waals surface area (Å²) in [5, 5.41) is 2.64. The number of carbonyl (C=O) groups is 1. The SMILES string of the molecule is CCCCCS(=O)(=O)N[C@@H](C)C(=O)Nc1ccc(N=C(N)N)cc1. The second-order valence-corrected chi connectivity index (χ2v) is 7.31. The Kier molecular flexibility index (Phi) is 7.66. The minimum absolute atomic E-state index is 0.0195. The molecule has 0 saturated carbocycles. The zero-order valence-electron chi connectivity index (χ0n) is 14.0. The monoisotopic (exact) mass is 355 g/mol. The number of guanidine groups is 1. The first-order valence-electron chi connectivity index (χ1n) is 7.74. The smallest absolute Gasteiger partial charge is 0.242 e. The van der Waals surface area contributed by atoms with Crippen LogP contribution in [-0.4, -0.2) is 32.1 Å². The third-order valence-electron chi connectivity index (χ3n) is 3.16. The molecule has 0 spiro atoms. The highest BCUT2D eigenvalue weighted by atomic mass is 32.2. The molecule has 6 N–H and O–H groups in total. The summed E-state index contributed by atoms with van der Waals surface area (Å²) in [4.78, 5) is 15.9. The van der Waals surface area contributed by atoms with Gasteiger partial charge in [-0.15, -0.1) is 0 Å². The van der Waals surface area contributed by atoms with Gasteiger partial charge in [-0.05, 0) is 37.6 Å². The molecule has 0 heterocycles. The predicted molar refractivity (Wildman–Crippen MR) is 96.5 cm³/mol. The van der Waals surface area contributed by atoms with Gasteiger partial charge in [0.05, 0.1) is 17.5 Å². The molecule has 0 aliphatic heterocycles. The maximum atomic E-state index is 12.1. The number of nitrogens with one attached hydrogen (secondary N) is 2. The number of amides is 1. The standard InChI is InChI=1S/C15H25N5O3S/c1-3-4-5-10-24(22,23)20-11(2)14(21)18-12-6-8-13(9-7-12)19-15(16)17/h6-9,11,20H,3-5,10H2,1-2H3,(H,18,21)(H4,16,17,19)/t11-/m0/s1. The van der Waals surface area contributed by atoms with E-state index in [4.69, 9.17) is 11.5 Å². The molecule has 1 atom stereocenters. The topological polar surface area (TPSA) is 140 Å². The average Bonchev–Trinajstić information content (AvgIpc) is 2.48. The number of hydrogen-bond acceptors (Lipinski definition) is 4. The van der Waals surface area contributed by atoms with Crippen molar-refractivity contribution in [2.45, 2.75) is 39.2 Å². The van der Waals surface area contributed by atoms with Crippen molar-refractivity contribution < 1.29 is 13.2 Å². The molecule has 0 aliphatic rings. The van der Waals surface area contributed by atoms with Gasteiger partial charge in [0.2, 0.25) is 15.9 Å². The second kappa shape index (κ2) is 9.24. The molecule has 0 unspecified atom stereocenters. The zero-order chi connectivity index (χ0) is 18.2. The van der Waals surface area contributed by atoms with E-state index in [-0.39, 0.29) is 11.7 Å². The molecule has 134 valence electrons. The summed E-state index contributed by atoms with van der Waals surface area (Å²) in [6, 6.07) is 5.66. The molecule has 0 radical (unpaired) electrons. The van der Waals surface area contributed by atoms with Crippen LogP contribution in [0.5, 0.6) is 0 Å². The van der Waals surface area contributed by atoms with Gasteiger partial charge in [-0.3, -0.25) is 4.79 Å². The Morgan fingerprint density at radius 2 is 1.83 bits per heavy atom. The summed E-state index contributed by atoms with van der Waals surface area (Å²) in [6.45, 7) is 3.50. The van der Waals surface area contributed by atoms with E-state index in [1.807, 2.05) is 6.92 Å². The molecule has 1 aromatic carbocycles. The highest BCUT2D eigenvalue weighted by Crippen LogP contribution is 2.16. The first-order chi connectivity index (χ1) is 11.2. The maximum absolute atomic E-state index is 12.1. The second-order valence-electron chi connectivity index (χ2n) is 5.44. The molecule has 0 fully saturated rings. The summed E-state index contributed by atoms with van der Waals surface area (Å²) in [5.41, 5.74) is 11.6. The number of unbranched alkanes of at least 4 members (excludes halogenated alkanes) is 2. The van der Waals surface area contributed by atoms with Crippen LogP contribution < -0.4 is 21.5 Å². The largest absolute Gasteiger partial charge is 0.370 e. The van der Waals surface area contributed by atoms with Gasteiger partial charge in [-0.2, -0.15) is 0 Å². The van der Waals surface area contributed by atoms with E-state index in [1.54, 1.807) is 24.3 Å². The van der Waals surface area contributed by atoms with E-state index in [9.17, 15) is 13.2 Å². The molecule has 1 aromatic rings. The van der Waals surface area contributed by atoms with Gasteiger partial charge >= 0.3 is 0 Å². The Bertz CT molecular complexity index is 667. The predicted octanol–water partition coefficient (Wildman–Crippen LogP) is 1.03. The molecule has 0 aliphatic carbocycles. The lowest BCUT2D eigenvalue weighted by Crippen LogP contribution is -2.42. The molecular formula is C15H25N5O3S. The van der Waals surface area contributed by atoms with Crippen molar-refractivity contribution in [2.75, 3.05) is 11.1 Å². The molecule has 9 heteroatoms. The fourth-order valence-corrected chi connectivity index (χ4v) is 3.29. The Morgan fingerprint density at radius 1 is 1.21 bits per heavy atom.